The highest BCUT2D eigenvalue weighted by Crippen LogP contribution is 2.42. The van der Waals surface area contributed by atoms with Gasteiger partial charge in [0.1, 0.15) is 6.10 Å². The van der Waals surface area contributed by atoms with E-state index >= 15 is 0 Å². The van der Waals surface area contributed by atoms with Crippen molar-refractivity contribution >= 4 is 0 Å². The minimum atomic E-state index is 0.458. The molecule has 3 aliphatic rings. The minimum Gasteiger partial charge on any atom is -0.372 e. The van der Waals surface area contributed by atoms with E-state index in [2.05, 4.69) is 12.2 Å². The van der Waals surface area contributed by atoms with Gasteiger partial charge in [-0.2, -0.15) is 0 Å². The van der Waals surface area contributed by atoms with Crippen LogP contribution in [0, 0.1) is 5.92 Å². The first kappa shape index (κ1) is 4.47. The molecule has 2 heterocycles. The third kappa shape index (κ3) is 0.523. The maximum atomic E-state index is 5.30. The molecule has 2 heteroatoms. The van der Waals surface area contributed by atoms with Crippen molar-refractivity contribution in [1.82, 2.24) is 0 Å². The van der Waals surface area contributed by atoms with Crippen molar-refractivity contribution in [3.05, 3.63) is 12.2 Å². The third-order valence-corrected chi connectivity index (χ3v) is 2.25. The molecule has 0 radical (unpaired) electrons. The van der Waals surface area contributed by atoms with Crippen LogP contribution in [0.1, 0.15) is 0 Å². The highest BCUT2D eigenvalue weighted by molar-refractivity contribution is 5.20. The van der Waals surface area contributed by atoms with Gasteiger partial charge in [-0.05, 0) is 0 Å². The topological polar surface area (TPSA) is 25.1 Å². The van der Waals surface area contributed by atoms with Crippen LogP contribution in [-0.2, 0) is 9.47 Å². The normalized spacial score (nSPS) is 59.6. The summed E-state index contributed by atoms with van der Waals surface area (Å²) in [5.74, 6) is 0.593. The molecule has 0 aromatic rings. The van der Waals surface area contributed by atoms with Crippen molar-refractivity contribution in [2.45, 2.75) is 18.3 Å². The average Bonchev–Trinajstić information content (AvgIpc) is 2.74. The van der Waals surface area contributed by atoms with Gasteiger partial charge < -0.3 is 9.47 Å². The standard InChI is InChI=1S/C7H8O2/c1-2-5-7(9-5)4(1)6-3-8-6/h1-2,4-7H,3H2. The van der Waals surface area contributed by atoms with E-state index in [0.29, 0.717) is 24.2 Å². The molecule has 9 heavy (non-hydrogen) atoms. The SMILES string of the molecule is C1=CC(C2CO2)C2OC12. The Balaban J connectivity index is 1.84. The van der Waals surface area contributed by atoms with Crippen molar-refractivity contribution in [2.24, 2.45) is 5.92 Å². The first-order valence-electron chi connectivity index (χ1n) is 3.40. The van der Waals surface area contributed by atoms with Crippen LogP contribution >= 0.6 is 0 Å². The van der Waals surface area contributed by atoms with Crippen molar-refractivity contribution in [3.8, 4) is 0 Å². The molecule has 2 saturated heterocycles. The van der Waals surface area contributed by atoms with Gasteiger partial charge >= 0.3 is 0 Å². The minimum absolute atomic E-state index is 0.458. The zero-order valence-corrected chi connectivity index (χ0v) is 4.99. The van der Waals surface area contributed by atoms with Crippen LogP contribution in [0.3, 0.4) is 0 Å². The average molecular weight is 124 g/mol. The molecule has 4 unspecified atom stereocenters. The van der Waals surface area contributed by atoms with E-state index in [1.54, 1.807) is 0 Å². The maximum absolute atomic E-state index is 5.30. The van der Waals surface area contributed by atoms with Gasteiger partial charge in [0.05, 0.1) is 18.8 Å². The van der Waals surface area contributed by atoms with Gasteiger partial charge in [-0.15, -0.1) is 0 Å². The van der Waals surface area contributed by atoms with E-state index in [1.807, 2.05) is 0 Å². The zero-order valence-electron chi connectivity index (χ0n) is 4.99. The van der Waals surface area contributed by atoms with Crippen molar-refractivity contribution in [3.63, 3.8) is 0 Å². The van der Waals surface area contributed by atoms with Crippen molar-refractivity contribution in [2.75, 3.05) is 6.61 Å². The van der Waals surface area contributed by atoms with E-state index in [4.69, 9.17) is 9.47 Å². The molecular formula is C7H8O2. The fourth-order valence-electron chi connectivity index (χ4n) is 1.56. The summed E-state index contributed by atoms with van der Waals surface area (Å²) in [5, 5.41) is 0. The summed E-state index contributed by atoms with van der Waals surface area (Å²) in [7, 11) is 0. The predicted octanol–water partition coefficient (Wildman–Crippen LogP) is 0.339. The van der Waals surface area contributed by atoms with E-state index in [1.165, 1.54) is 0 Å². The molecule has 0 N–H and O–H groups in total. The van der Waals surface area contributed by atoms with E-state index < -0.39 is 0 Å². The Labute approximate surface area is 53.4 Å². The summed E-state index contributed by atoms with van der Waals surface area (Å²) in [6.45, 7) is 0.946. The summed E-state index contributed by atoms with van der Waals surface area (Å²) >= 11 is 0. The molecule has 0 aromatic heterocycles. The van der Waals surface area contributed by atoms with Crippen LogP contribution < -0.4 is 0 Å². The number of rotatable bonds is 1. The Hall–Kier alpha value is -0.340. The van der Waals surface area contributed by atoms with Gasteiger partial charge in [-0.3, -0.25) is 0 Å². The Bertz CT molecular complexity index is 172. The van der Waals surface area contributed by atoms with Crippen molar-refractivity contribution in [1.29, 1.82) is 0 Å². The molecule has 0 aromatic carbocycles. The second-order valence-electron chi connectivity index (χ2n) is 2.90. The van der Waals surface area contributed by atoms with E-state index in [9.17, 15) is 0 Å². The largest absolute Gasteiger partial charge is 0.372 e. The number of fused-ring (bicyclic) bond motifs is 1. The number of hydrogen-bond acceptors (Lipinski definition) is 2. The summed E-state index contributed by atoms with van der Waals surface area (Å²) < 4.78 is 10.5. The van der Waals surface area contributed by atoms with Gasteiger partial charge in [0.15, 0.2) is 0 Å². The summed E-state index contributed by atoms with van der Waals surface area (Å²) in [4.78, 5) is 0. The summed E-state index contributed by atoms with van der Waals surface area (Å²) in [6.07, 6.45) is 5.84. The van der Waals surface area contributed by atoms with Gasteiger partial charge in [0.25, 0.3) is 0 Å². The van der Waals surface area contributed by atoms with Crippen molar-refractivity contribution < 1.29 is 9.47 Å². The van der Waals surface area contributed by atoms with Crippen LogP contribution in [0.4, 0.5) is 0 Å². The molecule has 2 nitrogen and oxygen atoms in total. The monoisotopic (exact) mass is 124 g/mol. The lowest BCUT2D eigenvalue weighted by molar-refractivity contribution is 0.288. The Morgan fingerprint density at radius 3 is 2.67 bits per heavy atom. The lowest BCUT2D eigenvalue weighted by Crippen LogP contribution is -2.09. The third-order valence-electron chi connectivity index (χ3n) is 2.25. The second-order valence-corrected chi connectivity index (χ2v) is 2.90. The molecule has 0 amide bonds. The van der Waals surface area contributed by atoms with Crippen LogP contribution in [0.5, 0.6) is 0 Å². The summed E-state index contributed by atoms with van der Waals surface area (Å²) in [5.41, 5.74) is 0. The highest BCUT2D eigenvalue weighted by Gasteiger charge is 2.52. The fourth-order valence-corrected chi connectivity index (χ4v) is 1.56. The lowest BCUT2D eigenvalue weighted by Gasteiger charge is -1.99. The zero-order chi connectivity index (χ0) is 5.84. The van der Waals surface area contributed by atoms with E-state index in [0.717, 1.165) is 6.61 Å². The molecule has 2 aliphatic heterocycles. The van der Waals surface area contributed by atoms with Gasteiger partial charge in [-0.25, -0.2) is 0 Å². The number of ether oxygens (including phenoxy) is 2. The Morgan fingerprint density at radius 1 is 1.33 bits per heavy atom. The summed E-state index contributed by atoms with van der Waals surface area (Å²) in [6, 6.07) is 0. The van der Waals surface area contributed by atoms with Gasteiger partial charge in [-0.1, -0.05) is 12.2 Å². The number of hydrogen-bond donors (Lipinski definition) is 0. The van der Waals surface area contributed by atoms with Crippen LogP contribution in [-0.4, -0.2) is 24.9 Å². The van der Waals surface area contributed by atoms with Gasteiger partial charge in [0.2, 0.25) is 0 Å². The molecule has 48 valence electrons. The van der Waals surface area contributed by atoms with E-state index in [-0.39, 0.29) is 0 Å². The number of epoxide rings is 2. The maximum Gasteiger partial charge on any atom is 0.103 e. The smallest absolute Gasteiger partial charge is 0.103 e. The highest BCUT2D eigenvalue weighted by atomic mass is 16.6. The first-order valence-corrected chi connectivity index (χ1v) is 3.40. The van der Waals surface area contributed by atoms with Crippen LogP contribution in [0.15, 0.2) is 12.2 Å². The first-order chi connectivity index (χ1) is 4.45. The predicted molar refractivity (Wildman–Crippen MR) is 31.0 cm³/mol. The lowest BCUT2D eigenvalue weighted by atomic mass is 10.1. The molecule has 0 saturated carbocycles. The molecule has 2 fully saturated rings. The molecule has 3 rings (SSSR count). The van der Waals surface area contributed by atoms with Gasteiger partial charge in [0, 0.05) is 5.92 Å². The van der Waals surface area contributed by atoms with Crippen LogP contribution in [0.2, 0.25) is 0 Å². The Kier molecular flexibility index (Phi) is 0.608. The molecule has 0 spiro atoms. The fraction of sp³-hybridized carbons (Fsp3) is 0.714. The molecular weight excluding hydrogens is 116 g/mol. The quantitative estimate of drug-likeness (QED) is 0.372. The van der Waals surface area contributed by atoms with Crippen LogP contribution in [0.25, 0.3) is 0 Å². The molecule has 0 bridgehead atoms. The molecule has 4 atom stereocenters. The molecule has 1 aliphatic carbocycles. The Morgan fingerprint density at radius 2 is 2.22 bits per heavy atom. The second kappa shape index (κ2) is 1.22.